The van der Waals surface area contributed by atoms with E-state index >= 15 is 0 Å². The van der Waals surface area contributed by atoms with Crippen molar-refractivity contribution in [1.29, 1.82) is 0 Å². The van der Waals surface area contributed by atoms with E-state index in [1.54, 1.807) is 17.8 Å². The predicted octanol–water partition coefficient (Wildman–Crippen LogP) is 0.242. The molecule has 1 saturated heterocycles. The Morgan fingerprint density at radius 2 is 2.29 bits per heavy atom. The lowest BCUT2D eigenvalue weighted by Crippen LogP contribution is -2.40. The Balaban J connectivity index is 1.70. The summed E-state index contributed by atoms with van der Waals surface area (Å²) in [7, 11) is 1.83. The molecular formula is C16H20N4O4. The lowest BCUT2D eigenvalue weighted by atomic mass is 10.1. The van der Waals surface area contributed by atoms with Crippen LogP contribution in [0.1, 0.15) is 23.8 Å². The zero-order chi connectivity index (χ0) is 17.3. The Morgan fingerprint density at radius 3 is 2.96 bits per heavy atom. The molecular weight excluding hydrogens is 312 g/mol. The van der Waals surface area contributed by atoms with E-state index in [1.807, 2.05) is 13.2 Å². The van der Waals surface area contributed by atoms with Gasteiger partial charge in [0.05, 0.1) is 12.2 Å². The fourth-order valence-corrected chi connectivity index (χ4v) is 2.96. The molecule has 2 N–H and O–H groups in total. The highest BCUT2D eigenvalue weighted by Gasteiger charge is 2.31. The van der Waals surface area contributed by atoms with Crippen molar-refractivity contribution in [2.24, 2.45) is 7.05 Å². The molecule has 1 aliphatic rings. The minimum atomic E-state index is -0.408. The zero-order valence-electron chi connectivity index (χ0n) is 13.6. The van der Waals surface area contributed by atoms with Crippen LogP contribution in [0.25, 0.3) is 0 Å². The molecule has 2 aromatic heterocycles. The summed E-state index contributed by atoms with van der Waals surface area (Å²) < 4.78 is 8.72. The SMILES string of the molecule is Cc1cc(O)cc(=O)n1CC(=O)N[C@H]1CCO[C@@H]1c1cnn(C)c1. The highest BCUT2D eigenvalue weighted by molar-refractivity contribution is 5.76. The summed E-state index contributed by atoms with van der Waals surface area (Å²) in [6.07, 6.45) is 4.06. The lowest BCUT2D eigenvalue weighted by molar-refractivity contribution is -0.122. The van der Waals surface area contributed by atoms with Crippen LogP contribution in [0.2, 0.25) is 0 Å². The molecule has 3 rings (SSSR count). The molecule has 24 heavy (non-hydrogen) atoms. The van der Waals surface area contributed by atoms with Gasteiger partial charge in [-0.1, -0.05) is 0 Å². The minimum Gasteiger partial charge on any atom is -0.508 e. The van der Waals surface area contributed by atoms with Crippen LogP contribution in [0, 0.1) is 6.92 Å². The number of hydrogen-bond donors (Lipinski definition) is 2. The summed E-state index contributed by atoms with van der Waals surface area (Å²) in [4.78, 5) is 24.2. The van der Waals surface area contributed by atoms with Crippen molar-refractivity contribution in [2.75, 3.05) is 6.61 Å². The van der Waals surface area contributed by atoms with Gasteiger partial charge in [0.2, 0.25) is 5.91 Å². The smallest absolute Gasteiger partial charge is 0.254 e. The number of aryl methyl sites for hydroxylation is 2. The molecule has 0 unspecified atom stereocenters. The average Bonchev–Trinajstić information content (AvgIpc) is 3.11. The van der Waals surface area contributed by atoms with E-state index in [4.69, 9.17) is 4.74 Å². The molecule has 0 spiro atoms. The van der Waals surface area contributed by atoms with Gasteiger partial charge in [0.15, 0.2) is 0 Å². The van der Waals surface area contributed by atoms with Crippen molar-refractivity contribution in [1.82, 2.24) is 19.7 Å². The second-order valence-corrected chi connectivity index (χ2v) is 5.98. The zero-order valence-corrected chi connectivity index (χ0v) is 13.6. The van der Waals surface area contributed by atoms with E-state index in [1.165, 1.54) is 10.6 Å². The van der Waals surface area contributed by atoms with Gasteiger partial charge in [-0.3, -0.25) is 14.3 Å². The summed E-state index contributed by atoms with van der Waals surface area (Å²) >= 11 is 0. The molecule has 8 heteroatoms. The summed E-state index contributed by atoms with van der Waals surface area (Å²) in [5, 5.41) is 16.5. The standard InChI is InChI=1S/C16H20N4O4/c1-10-5-12(21)6-15(23)20(10)9-14(22)18-13-3-4-24-16(13)11-7-17-19(2)8-11/h5-8,13,16,21H,3-4,9H2,1-2H3,(H,18,22)/t13-,16+/m0/s1. The summed E-state index contributed by atoms with van der Waals surface area (Å²) in [6, 6.07) is 2.39. The fourth-order valence-electron chi connectivity index (χ4n) is 2.96. The number of rotatable bonds is 4. The fraction of sp³-hybridized carbons (Fsp3) is 0.438. The molecule has 128 valence electrons. The molecule has 3 heterocycles. The number of aromatic hydroxyl groups is 1. The summed E-state index contributed by atoms with van der Waals surface area (Å²) in [5.74, 6) is -0.370. The van der Waals surface area contributed by atoms with Crippen LogP contribution in [-0.4, -0.2) is 38.0 Å². The molecule has 2 atom stereocenters. The molecule has 0 bridgehead atoms. The van der Waals surface area contributed by atoms with Crippen molar-refractivity contribution in [2.45, 2.75) is 32.0 Å². The van der Waals surface area contributed by atoms with Crippen LogP contribution in [0.15, 0.2) is 29.3 Å². The number of ether oxygens (including phenoxy) is 1. The van der Waals surface area contributed by atoms with Crippen molar-refractivity contribution >= 4 is 5.91 Å². The number of hydrogen-bond acceptors (Lipinski definition) is 5. The van der Waals surface area contributed by atoms with Gasteiger partial charge in [-0.25, -0.2) is 0 Å². The second kappa shape index (κ2) is 6.48. The number of aromatic nitrogens is 3. The monoisotopic (exact) mass is 332 g/mol. The first-order valence-electron chi connectivity index (χ1n) is 7.74. The lowest BCUT2D eigenvalue weighted by Gasteiger charge is -2.19. The van der Waals surface area contributed by atoms with Crippen molar-refractivity contribution in [3.8, 4) is 5.75 Å². The van der Waals surface area contributed by atoms with Gasteiger partial charge in [-0.05, 0) is 19.4 Å². The maximum atomic E-state index is 12.3. The average molecular weight is 332 g/mol. The highest BCUT2D eigenvalue weighted by atomic mass is 16.5. The molecule has 8 nitrogen and oxygen atoms in total. The van der Waals surface area contributed by atoms with E-state index in [0.717, 1.165) is 11.6 Å². The van der Waals surface area contributed by atoms with Gasteiger partial charge >= 0.3 is 0 Å². The number of carbonyl (C=O) groups excluding carboxylic acids is 1. The van der Waals surface area contributed by atoms with Crippen molar-refractivity contribution in [3.63, 3.8) is 0 Å². The van der Waals surface area contributed by atoms with Crippen LogP contribution in [0.3, 0.4) is 0 Å². The number of pyridine rings is 1. The Kier molecular flexibility index (Phi) is 4.39. The summed E-state index contributed by atoms with van der Waals surface area (Å²) in [5.41, 5.74) is 1.04. The van der Waals surface area contributed by atoms with E-state index in [9.17, 15) is 14.7 Å². The molecule has 0 aliphatic carbocycles. The number of nitrogens with one attached hydrogen (secondary N) is 1. The molecule has 1 amide bonds. The van der Waals surface area contributed by atoms with Gasteiger partial charge in [-0.15, -0.1) is 0 Å². The third-order valence-electron chi connectivity index (χ3n) is 4.11. The van der Waals surface area contributed by atoms with Gasteiger partial charge in [0.1, 0.15) is 18.4 Å². The quantitative estimate of drug-likeness (QED) is 0.836. The number of amides is 1. The number of carbonyl (C=O) groups is 1. The maximum Gasteiger partial charge on any atom is 0.254 e. The van der Waals surface area contributed by atoms with Gasteiger partial charge in [0.25, 0.3) is 5.56 Å². The predicted molar refractivity (Wildman–Crippen MR) is 85.6 cm³/mol. The number of nitrogens with zero attached hydrogens (tertiary/aromatic N) is 3. The Hall–Kier alpha value is -2.61. The van der Waals surface area contributed by atoms with Gasteiger partial charge in [-0.2, -0.15) is 5.10 Å². The topological polar surface area (TPSA) is 98.4 Å². The van der Waals surface area contributed by atoms with Crippen LogP contribution in [-0.2, 0) is 23.1 Å². The second-order valence-electron chi connectivity index (χ2n) is 5.98. The molecule has 0 radical (unpaired) electrons. The normalized spacial score (nSPS) is 20.2. The maximum absolute atomic E-state index is 12.3. The highest BCUT2D eigenvalue weighted by Crippen LogP contribution is 2.28. The Labute approximate surface area is 138 Å². The van der Waals surface area contributed by atoms with Crippen LogP contribution < -0.4 is 10.9 Å². The molecule has 0 saturated carbocycles. The van der Waals surface area contributed by atoms with E-state index < -0.39 is 5.56 Å². The first-order valence-corrected chi connectivity index (χ1v) is 7.74. The molecule has 1 fully saturated rings. The first-order chi connectivity index (χ1) is 11.4. The Bertz CT molecular complexity index is 811. The largest absolute Gasteiger partial charge is 0.508 e. The Morgan fingerprint density at radius 1 is 1.50 bits per heavy atom. The van der Waals surface area contributed by atoms with Crippen LogP contribution >= 0.6 is 0 Å². The molecule has 0 aromatic carbocycles. The van der Waals surface area contributed by atoms with E-state index in [-0.39, 0.29) is 30.3 Å². The van der Waals surface area contributed by atoms with E-state index in [2.05, 4.69) is 10.4 Å². The van der Waals surface area contributed by atoms with Gasteiger partial charge < -0.3 is 19.7 Å². The molecule has 2 aromatic rings. The molecule has 1 aliphatic heterocycles. The van der Waals surface area contributed by atoms with Crippen molar-refractivity contribution < 1.29 is 14.6 Å². The van der Waals surface area contributed by atoms with Crippen LogP contribution in [0.5, 0.6) is 5.75 Å². The first kappa shape index (κ1) is 16.3. The third-order valence-corrected chi connectivity index (χ3v) is 4.11. The summed E-state index contributed by atoms with van der Waals surface area (Å²) in [6.45, 7) is 2.13. The minimum absolute atomic E-state index is 0.0960. The van der Waals surface area contributed by atoms with E-state index in [0.29, 0.717) is 18.7 Å². The van der Waals surface area contributed by atoms with Crippen LogP contribution in [0.4, 0.5) is 0 Å². The van der Waals surface area contributed by atoms with Gasteiger partial charge in [0, 0.05) is 37.2 Å². The third kappa shape index (κ3) is 3.33. The van der Waals surface area contributed by atoms with Crippen molar-refractivity contribution in [3.05, 3.63) is 46.1 Å².